The zero-order valence-corrected chi connectivity index (χ0v) is 10.5. The molecule has 2 aliphatic carbocycles. The molecule has 0 unspecified atom stereocenters. The molecule has 0 saturated heterocycles. The van der Waals surface area contributed by atoms with E-state index < -0.39 is 0 Å². The van der Waals surface area contributed by atoms with E-state index in [1.165, 1.54) is 37.0 Å². The summed E-state index contributed by atoms with van der Waals surface area (Å²) in [6.07, 6.45) is 6.80. The van der Waals surface area contributed by atoms with Crippen molar-refractivity contribution in [2.75, 3.05) is 0 Å². The van der Waals surface area contributed by atoms with Crippen LogP contribution in [0, 0.1) is 5.41 Å². The van der Waals surface area contributed by atoms with Gasteiger partial charge in [-0.2, -0.15) is 0 Å². The first-order valence-corrected chi connectivity index (χ1v) is 6.33. The molecule has 1 aromatic rings. The minimum Gasteiger partial charge on any atom is -0.469 e. The van der Waals surface area contributed by atoms with Gasteiger partial charge in [0.25, 0.3) is 0 Å². The average Bonchev–Trinajstić information content (AvgIpc) is 2.67. The van der Waals surface area contributed by atoms with Crippen LogP contribution >= 0.6 is 0 Å². The Morgan fingerprint density at radius 2 is 2.19 bits per heavy atom. The van der Waals surface area contributed by atoms with Crippen LogP contribution in [0.1, 0.15) is 57.3 Å². The van der Waals surface area contributed by atoms with E-state index in [1.54, 1.807) is 11.1 Å². The third kappa shape index (κ3) is 1.30. The van der Waals surface area contributed by atoms with Gasteiger partial charge in [-0.25, -0.2) is 0 Å². The summed E-state index contributed by atoms with van der Waals surface area (Å²) in [4.78, 5) is 0. The van der Waals surface area contributed by atoms with E-state index >= 15 is 0 Å². The van der Waals surface area contributed by atoms with Crippen LogP contribution < -0.4 is 0 Å². The highest BCUT2D eigenvalue weighted by Gasteiger charge is 2.39. The summed E-state index contributed by atoms with van der Waals surface area (Å²) in [5.74, 6) is 1.90. The third-order valence-corrected chi connectivity index (χ3v) is 4.89. The molecule has 2 bridgehead atoms. The standard InChI is InChI=1S/C15H20O/c1-10-8-13-9-15(3,11(10)2)6-4-12-5-7-16-14(12)13/h5,7,13H,4,6,8-9H2,1-3H3/t13-,15-/m1/s1. The van der Waals surface area contributed by atoms with Crippen molar-refractivity contribution in [3.63, 3.8) is 0 Å². The molecule has 0 saturated carbocycles. The summed E-state index contributed by atoms with van der Waals surface area (Å²) in [5.41, 5.74) is 5.09. The summed E-state index contributed by atoms with van der Waals surface area (Å²) in [6.45, 7) is 7.07. The molecule has 0 N–H and O–H groups in total. The first kappa shape index (κ1) is 10.2. The molecule has 3 rings (SSSR count). The molecule has 2 aliphatic rings. The van der Waals surface area contributed by atoms with Crippen molar-refractivity contribution in [1.82, 2.24) is 0 Å². The smallest absolute Gasteiger partial charge is 0.110 e. The molecule has 1 heteroatoms. The van der Waals surface area contributed by atoms with Crippen molar-refractivity contribution in [2.24, 2.45) is 5.41 Å². The Morgan fingerprint density at radius 3 is 3.00 bits per heavy atom. The lowest BCUT2D eigenvalue weighted by Crippen LogP contribution is -2.25. The number of fused-ring (bicyclic) bond motifs is 4. The van der Waals surface area contributed by atoms with Crippen molar-refractivity contribution in [3.05, 3.63) is 34.8 Å². The first-order valence-electron chi connectivity index (χ1n) is 6.33. The number of allylic oxidation sites excluding steroid dienone is 2. The molecular formula is C15H20O. The summed E-state index contributed by atoms with van der Waals surface area (Å²) in [5, 5.41) is 0. The number of aryl methyl sites for hydroxylation is 1. The maximum Gasteiger partial charge on any atom is 0.110 e. The Hall–Kier alpha value is -0.980. The number of rotatable bonds is 0. The molecule has 0 aromatic carbocycles. The van der Waals surface area contributed by atoms with Crippen molar-refractivity contribution in [2.45, 2.75) is 52.4 Å². The van der Waals surface area contributed by atoms with Gasteiger partial charge in [-0.15, -0.1) is 0 Å². The predicted octanol–water partition coefficient (Wildman–Crippen LogP) is 4.45. The fourth-order valence-corrected chi connectivity index (χ4v) is 3.60. The van der Waals surface area contributed by atoms with Crippen molar-refractivity contribution in [1.29, 1.82) is 0 Å². The topological polar surface area (TPSA) is 13.1 Å². The molecule has 16 heavy (non-hydrogen) atoms. The van der Waals surface area contributed by atoms with Gasteiger partial charge in [0.2, 0.25) is 0 Å². The summed E-state index contributed by atoms with van der Waals surface area (Å²) < 4.78 is 5.73. The quantitative estimate of drug-likeness (QED) is 0.584. The van der Waals surface area contributed by atoms with Gasteiger partial charge in [0.1, 0.15) is 5.76 Å². The Bertz CT molecular complexity index is 452. The Labute approximate surface area is 97.5 Å². The molecule has 2 atom stereocenters. The van der Waals surface area contributed by atoms with Gasteiger partial charge in [-0.3, -0.25) is 0 Å². The van der Waals surface area contributed by atoms with E-state index in [2.05, 4.69) is 26.8 Å². The fraction of sp³-hybridized carbons (Fsp3) is 0.600. The fourth-order valence-electron chi connectivity index (χ4n) is 3.60. The molecule has 0 radical (unpaired) electrons. The Kier molecular flexibility index (Phi) is 2.07. The molecule has 0 aliphatic heterocycles. The van der Waals surface area contributed by atoms with E-state index in [1.807, 2.05) is 6.26 Å². The van der Waals surface area contributed by atoms with Crippen LogP contribution in [0.2, 0.25) is 0 Å². The Balaban J connectivity index is 2.10. The van der Waals surface area contributed by atoms with Crippen LogP contribution in [0.5, 0.6) is 0 Å². The zero-order chi connectivity index (χ0) is 11.3. The largest absolute Gasteiger partial charge is 0.469 e. The van der Waals surface area contributed by atoms with Crippen LogP contribution in [0.4, 0.5) is 0 Å². The van der Waals surface area contributed by atoms with Crippen molar-refractivity contribution >= 4 is 0 Å². The van der Waals surface area contributed by atoms with Crippen LogP contribution in [-0.4, -0.2) is 0 Å². The van der Waals surface area contributed by atoms with Crippen LogP contribution in [0.15, 0.2) is 27.9 Å². The highest BCUT2D eigenvalue weighted by atomic mass is 16.3. The first-order chi connectivity index (χ1) is 7.60. The summed E-state index contributed by atoms with van der Waals surface area (Å²) in [6, 6.07) is 2.17. The molecule has 1 heterocycles. The second-order valence-corrected chi connectivity index (χ2v) is 5.88. The second-order valence-electron chi connectivity index (χ2n) is 5.88. The van der Waals surface area contributed by atoms with Gasteiger partial charge in [-0.05, 0) is 56.6 Å². The molecule has 86 valence electrons. The minimum atomic E-state index is 0.411. The van der Waals surface area contributed by atoms with Crippen molar-refractivity contribution in [3.8, 4) is 0 Å². The SMILES string of the molecule is CC1=C(C)[C@]2(C)CCc3ccoc3[C@H](C1)C2. The lowest BCUT2D eigenvalue weighted by atomic mass is 9.67. The van der Waals surface area contributed by atoms with Gasteiger partial charge in [0, 0.05) is 5.92 Å². The van der Waals surface area contributed by atoms with Crippen LogP contribution in [0.3, 0.4) is 0 Å². The monoisotopic (exact) mass is 216 g/mol. The molecule has 0 fully saturated rings. The van der Waals surface area contributed by atoms with Gasteiger partial charge < -0.3 is 4.42 Å². The highest BCUT2D eigenvalue weighted by Crippen LogP contribution is 2.52. The lowest BCUT2D eigenvalue weighted by Gasteiger charge is -2.38. The minimum absolute atomic E-state index is 0.411. The number of hydrogen-bond acceptors (Lipinski definition) is 1. The van der Waals surface area contributed by atoms with Gasteiger partial charge in [0.15, 0.2) is 0 Å². The normalized spacial score (nSPS) is 33.6. The number of hydrogen-bond donors (Lipinski definition) is 0. The third-order valence-electron chi connectivity index (χ3n) is 4.89. The Morgan fingerprint density at radius 1 is 1.38 bits per heavy atom. The van der Waals surface area contributed by atoms with Gasteiger partial charge in [0.05, 0.1) is 6.26 Å². The van der Waals surface area contributed by atoms with E-state index in [4.69, 9.17) is 4.42 Å². The maximum absolute atomic E-state index is 5.73. The van der Waals surface area contributed by atoms with E-state index in [0.29, 0.717) is 11.3 Å². The van der Waals surface area contributed by atoms with Crippen LogP contribution in [0.25, 0.3) is 0 Å². The summed E-state index contributed by atoms with van der Waals surface area (Å²) >= 11 is 0. The molecule has 1 aromatic heterocycles. The van der Waals surface area contributed by atoms with Crippen molar-refractivity contribution < 1.29 is 4.42 Å². The number of furan rings is 1. The van der Waals surface area contributed by atoms with Crippen LogP contribution in [-0.2, 0) is 6.42 Å². The average molecular weight is 216 g/mol. The zero-order valence-electron chi connectivity index (χ0n) is 10.5. The lowest BCUT2D eigenvalue weighted by molar-refractivity contribution is 0.278. The van der Waals surface area contributed by atoms with E-state index in [0.717, 1.165) is 0 Å². The molecule has 1 nitrogen and oxygen atoms in total. The van der Waals surface area contributed by atoms with E-state index in [-0.39, 0.29) is 0 Å². The molecule has 0 amide bonds. The van der Waals surface area contributed by atoms with Gasteiger partial charge in [-0.1, -0.05) is 18.1 Å². The predicted molar refractivity (Wildman–Crippen MR) is 65.5 cm³/mol. The summed E-state index contributed by atoms with van der Waals surface area (Å²) in [7, 11) is 0. The second kappa shape index (κ2) is 3.26. The van der Waals surface area contributed by atoms with Gasteiger partial charge >= 0.3 is 0 Å². The molecule has 0 spiro atoms. The highest BCUT2D eigenvalue weighted by molar-refractivity contribution is 5.33. The van der Waals surface area contributed by atoms with E-state index in [9.17, 15) is 0 Å². The molecular weight excluding hydrogens is 196 g/mol. The maximum atomic E-state index is 5.73.